The zero-order valence-corrected chi connectivity index (χ0v) is 15.5. The third kappa shape index (κ3) is 3.06. The van der Waals surface area contributed by atoms with Crippen molar-refractivity contribution in [3.8, 4) is 28.0 Å². The van der Waals surface area contributed by atoms with Crippen LogP contribution in [0.25, 0.3) is 27.1 Å². The van der Waals surface area contributed by atoms with Crippen LogP contribution in [0.2, 0.25) is 0 Å². The number of hydrogen-bond donors (Lipinski definition) is 1. The van der Waals surface area contributed by atoms with E-state index in [1.807, 2.05) is 55.5 Å². The van der Waals surface area contributed by atoms with Crippen molar-refractivity contribution < 1.29 is 14.6 Å². The molecule has 1 N–H and O–H groups in total. The highest BCUT2D eigenvalue weighted by molar-refractivity contribution is 6.01. The molecule has 0 saturated carbocycles. The third-order valence-electron chi connectivity index (χ3n) is 4.73. The van der Waals surface area contributed by atoms with E-state index >= 15 is 0 Å². The van der Waals surface area contributed by atoms with Crippen molar-refractivity contribution in [3.05, 3.63) is 71.3 Å². The predicted octanol–water partition coefficient (Wildman–Crippen LogP) is 5.18. The first-order valence-corrected chi connectivity index (χ1v) is 8.59. The van der Waals surface area contributed by atoms with Gasteiger partial charge >= 0.3 is 5.97 Å². The molecule has 2 aromatic carbocycles. The van der Waals surface area contributed by atoms with Gasteiger partial charge in [0, 0.05) is 23.9 Å². The molecule has 27 heavy (non-hydrogen) atoms. The Morgan fingerprint density at radius 1 is 1.15 bits per heavy atom. The van der Waals surface area contributed by atoms with E-state index < -0.39 is 5.97 Å². The molecule has 0 aliphatic carbocycles. The lowest BCUT2D eigenvalue weighted by Crippen LogP contribution is -2.07. The van der Waals surface area contributed by atoms with Crippen LogP contribution < -0.4 is 4.74 Å². The summed E-state index contributed by atoms with van der Waals surface area (Å²) in [4.78, 5) is 15.5. The topological polar surface area (TPSA) is 55.8 Å². The number of methoxy groups -OCH3 is 1. The summed E-state index contributed by atoms with van der Waals surface area (Å²) in [5.41, 5.74) is 4.38. The molecule has 0 aliphatic rings. The van der Waals surface area contributed by atoms with Crippen molar-refractivity contribution in [2.75, 3.05) is 7.11 Å². The van der Waals surface area contributed by atoms with E-state index in [0.717, 1.165) is 22.6 Å². The summed E-state index contributed by atoms with van der Waals surface area (Å²) < 4.78 is 7.02. The van der Waals surface area contributed by atoms with Gasteiger partial charge in [0.15, 0.2) is 0 Å². The molecule has 3 aromatic rings. The second kappa shape index (κ2) is 7.38. The number of carboxylic acids is 1. The molecular weight excluding hydrogens is 340 g/mol. The van der Waals surface area contributed by atoms with Crippen molar-refractivity contribution >= 4 is 11.7 Å². The average molecular weight is 360 g/mol. The average Bonchev–Trinajstić information content (AvgIpc) is 2.99. The highest BCUT2D eigenvalue weighted by atomic mass is 16.5. The molecule has 0 fully saturated rings. The van der Waals surface area contributed by atoms with Crippen LogP contribution in [0, 0.1) is 6.57 Å². The molecule has 0 unspecified atom stereocenters. The summed E-state index contributed by atoms with van der Waals surface area (Å²) in [7, 11) is 3.33. The molecule has 1 heterocycles. The van der Waals surface area contributed by atoms with Crippen molar-refractivity contribution in [2.24, 2.45) is 7.05 Å². The fourth-order valence-corrected chi connectivity index (χ4v) is 3.47. The van der Waals surface area contributed by atoms with Gasteiger partial charge in [-0.25, -0.2) is 9.64 Å². The summed E-state index contributed by atoms with van der Waals surface area (Å²) in [6.07, 6.45) is 0.591. The zero-order valence-electron chi connectivity index (χ0n) is 15.5. The minimum absolute atomic E-state index is 0.142. The van der Waals surface area contributed by atoms with Crippen molar-refractivity contribution in [3.63, 3.8) is 0 Å². The fraction of sp³-hybridized carbons (Fsp3) is 0.182. The summed E-state index contributed by atoms with van der Waals surface area (Å²) in [5, 5.41) is 9.70. The molecular formula is C22H20N2O3. The number of para-hydroxylation sites is 1. The molecule has 3 rings (SSSR count). The van der Waals surface area contributed by atoms with E-state index in [1.54, 1.807) is 18.7 Å². The largest absolute Gasteiger partial charge is 0.496 e. The second-order valence-corrected chi connectivity index (χ2v) is 6.13. The highest BCUT2D eigenvalue weighted by Crippen LogP contribution is 2.40. The minimum atomic E-state index is -1.04. The molecule has 0 aliphatic heterocycles. The van der Waals surface area contributed by atoms with Crippen molar-refractivity contribution in [1.29, 1.82) is 0 Å². The molecule has 0 spiro atoms. The molecule has 0 atom stereocenters. The van der Waals surface area contributed by atoms with Gasteiger partial charge in [-0.05, 0) is 23.6 Å². The molecule has 0 amide bonds. The minimum Gasteiger partial charge on any atom is -0.496 e. The van der Waals surface area contributed by atoms with E-state index in [9.17, 15) is 9.90 Å². The van der Waals surface area contributed by atoms with Gasteiger partial charge in [-0.15, -0.1) is 0 Å². The van der Waals surface area contributed by atoms with Gasteiger partial charge in [-0.2, -0.15) is 0 Å². The van der Waals surface area contributed by atoms with Crippen LogP contribution in [0.5, 0.6) is 5.75 Å². The zero-order chi connectivity index (χ0) is 19.6. The van der Waals surface area contributed by atoms with E-state index in [2.05, 4.69) is 4.85 Å². The number of hydrogen-bond acceptors (Lipinski definition) is 2. The lowest BCUT2D eigenvalue weighted by atomic mass is 9.98. The maximum atomic E-state index is 11.8. The normalized spacial score (nSPS) is 10.4. The number of nitrogens with zero attached hydrogens (tertiary/aromatic N) is 2. The molecule has 5 nitrogen and oxygen atoms in total. The number of carbonyl (C=O) groups is 1. The van der Waals surface area contributed by atoms with Gasteiger partial charge in [-0.3, -0.25) is 0 Å². The Morgan fingerprint density at radius 3 is 2.33 bits per heavy atom. The van der Waals surface area contributed by atoms with Gasteiger partial charge < -0.3 is 14.4 Å². The van der Waals surface area contributed by atoms with Crippen LogP contribution >= 0.6 is 0 Å². The standard InChI is InChI=1S/C22H20N2O3/c1-5-17-20(23-2)19(21(22(25)26)24(17)3)15-12-10-14(11-13-15)16-8-6-7-9-18(16)27-4/h6-13H,5H2,1,3-4H3,(H,25,26). The Balaban J connectivity index is 2.16. The maximum Gasteiger partial charge on any atom is 0.351 e. The third-order valence-corrected chi connectivity index (χ3v) is 4.73. The number of benzene rings is 2. The summed E-state index contributed by atoms with van der Waals surface area (Å²) in [6, 6.07) is 15.3. The van der Waals surface area contributed by atoms with Gasteiger partial charge in [-0.1, -0.05) is 49.4 Å². The van der Waals surface area contributed by atoms with E-state index in [0.29, 0.717) is 23.2 Å². The Hall–Kier alpha value is -3.52. The van der Waals surface area contributed by atoms with Crippen molar-refractivity contribution in [1.82, 2.24) is 4.57 Å². The highest BCUT2D eigenvalue weighted by Gasteiger charge is 2.25. The smallest absolute Gasteiger partial charge is 0.351 e. The number of carboxylic acid groups (broad SMARTS) is 1. The van der Waals surface area contributed by atoms with Gasteiger partial charge in [0.2, 0.25) is 5.69 Å². The van der Waals surface area contributed by atoms with Crippen LogP contribution in [0.1, 0.15) is 23.1 Å². The molecule has 1 aromatic heterocycles. The van der Waals surface area contributed by atoms with E-state index in [1.165, 1.54) is 0 Å². The van der Waals surface area contributed by atoms with Crippen LogP contribution in [-0.2, 0) is 13.5 Å². The Bertz CT molecular complexity index is 1040. The lowest BCUT2D eigenvalue weighted by molar-refractivity contribution is 0.0687. The van der Waals surface area contributed by atoms with E-state index in [4.69, 9.17) is 11.3 Å². The summed E-state index contributed by atoms with van der Waals surface area (Å²) >= 11 is 0. The number of aromatic carboxylic acids is 1. The molecule has 5 heteroatoms. The Labute approximate surface area is 158 Å². The van der Waals surface area contributed by atoms with Gasteiger partial charge in [0.1, 0.15) is 11.4 Å². The quantitative estimate of drug-likeness (QED) is 0.638. The lowest BCUT2D eigenvalue weighted by Gasteiger charge is -2.10. The van der Waals surface area contributed by atoms with Gasteiger partial charge in [0.25, 0.3) is 0 Å². The maximum absolute atomic E-state index is 11.8. The summed E-state index contributed by atoms with van der Waals surface area (Å²) in [6.45, 7) is 9.48. The van der Waals surface area contributed by atoms with E-state index in [-0.39, 0.29) is 5.69 Å². The SMILES string of the molecule is [C-]#[N+]c1c(-c2ccc(-c3ccccc3OC)cc2)c(C(=O)O)n(C)c1CC. The molecule has 136 valence electrons. The first-order valence-electron chi connectivity index (χ1n) is 8.59. The Kier molecular flexibility index (Phi) is 5.00. The molecule has 0 radical (unpaired) electrons. The molecule has 0 saturated heterocycles. The number of rotatable bonds is 5. The van der Waals surface area contributed by atoms with Crippen LogP contribution in [0.3, 0.4) is 0 Å². The van der Waals surface area contributed by atoms with Crippen LogP contribution in [-0.4, -0.2) is 22.8 Å². The fourth-order valence-electron chi connectivity index (χ4n) is 3.47. The number of ether oxygens (including phenoxy) is 1. The second-order valence-electron chi connectivity index (χ2n) is 6.13. The molecule has 0 bridgehead atoms. The first-order chi connectivity index (χ1) is 13.0. The first kappa shape index (κ1) is 18.3. The van der Waals surface area contributed by atoms with Gasteiger partial charge in [0.05, 0.1) is 13.7 Å². The monoisotopic (exact) mass is 360 g/mol. The van der Waals surface area contributed by atoms with Crippen LogP contribution in [0.4, 0.5) is 5.69 Å². The summed E-state index contributed by atoms with van der Waals surface area (Å²) in [5.74, 6) is -0.266. The number of aromatic nitrogens is 1. The Morgan fingerprint density at radius 2 is 1.78 bits per heavy atom. The predicted molar refractivity (Wildman–Crippen MR) is 105 cm³/mol. The van der Waals surface area contributed by atoms with Crippen molar-refractivity contribution in [2.45, 2.75) is 13.3 Å². The van der Waals surface area contributed by atoms with Crippen LogP contribution in [0.15, 0.2) is 48.5 Å².